The standard InChI is InChI=1S/C17H34O2.C14H28O2/c1-3-5-7-9-10-12-14-16-19-17(18)15-13-11-8-6-4-2;1-4-5-6-7-8-9-10-11-16-14(15)12-13(2)3/h3-16H2,1-2H3;13H,4-12H2,1-3H3. The molecule has 0 rings (SSSR count). The van der Waals surface area contributed by atoms with E-state index in [4.69, 9.17) is 9.47 Å². The molecule has 0 unspecified atom stereocenters. The van der Waals surface area contributed by atoms with Gasteiger partial charge in [-0.2, -0.15) is 0 Å². The molecule has 0 aromatic carbocycles. The molecule has 0 saturated heterocycles. The lowest BCUT2D eigenvalue weighted by molar-refractivity contribution is -0.145. The number of rotatable bonds is 24. The van der Waals surface area contributed by atoms with Crippen molar-refractivity contribution in [2.45, 2.75) is 169 Å². The average molecular weight is 499 g/mol. The summed E-state index contributed by atoms with van der Waals surface area (Å²) in [5, 5.41) is 0. The van der Waals surface area contributed by atoms with Gasteiger partial charge in [0, 0.05) is 12.8 Å². The summed E-state index contributed by atoms with van der Waals surface area (Å²) in [6.07, 6.45) is 24.8. The molecule has 0 spiro atoms. The van der Waals surface area contributed by atoms with E-state index in [1.165, 1.54) is 103 Å². The van der Waals surface area contributed by atoms with E-state index >= 15 is 0 Å². The summed E-state index contributed by atoms with van der Waals surface area (Å²) in [5.74, 6) is 0.366. The molecule has 4 nitrogen and oxygen atoms in total. The Labute approximate surface area is 219 Å². The van der Waals surface area contributed by atoms with Crippen LogP contribution in [0.4, 0.5) is 0 Å². The smallest absolute Gasteiger partial charge is 0.306 e. The van der Waals surface area contributed by atoms with E-state index < -0.39 is 0 Å². The first-order chi connectivity index (χ1) is 17.0. The third-order valence-electron chi connectivity index (χ3n) is 6.08. The van der Waals surface area contributed by atoms with E-state index in [1.807, 2.05) is 13.8 Å². The van der Waals surface area contributed by atoms with Gasteiger partial charge in [-0.15, -0.1) is 0 Å². The number of hydrogen-bond acceptors (Lipinski definition) is 4. The van der Waals surface area contributed by atoms with Crippen LogP contribution in [0.15, 0.2) is 0 Å². The molecule has 35 heavy (non-hydrogen) atoms. The zero-order valence-electron chi connectivity index (χ0n) is 24.5. The minimum absolute atomic E-state index is 0.00230. The second kappa shape index (κ2) is 31.0. The Hall–Kier alpha value is -1.06. The summed E-state index contributed by atoms with van der Waals surface area (Å²) in [6, 6.07) is 0. The predicted molar refractivity (Wildman–Crippen MR) is 151 cm³/mol. The van der Waals surface area contributed by atoms with E-state index in [2.05, 4.69) is 20.8 Å². The SMILES string of the molecule is CCCCCCCCCOC(=O)CC(C)C.CCCCCCCCCOC(=O)CCCCCCC. The van der Waals surface area contributed by atoms with Crippen LogP contribution in [0.2, 0.25) is 0 Å². The molecule has 0 atom stereocenters. The molecule has 0 aliphatic rings. The lowest BCUT2D eigenvalue weighted by Crippen LogP contribution is -2.08. The second-order valence-corrected chi connectivity index (χ2v) is 10.4. The summed E-state index contributed by atoms with van der Waals surface area (Å²) in [5.41, 5.74) is 0. The van der Waals surface area contributed by atoms with Crippen LogP contribution in [0.3, 0.4) is 0 Å². The number of carbonyl (C=O) groups is 2. The van der Waals surface area contributed by atoms with Crippen LogP contribution in [0.25, 0.3) is 0 Å². The molecule has 0 aromatic heterocycles. The highest BCUT2D eigenvalue weighted by molar-refractivity contribution is 5.69. The Kier molecular flexibility index (Phi) is 31.9. The monoisotopic (exact) mass is 498 g/mol. The minimum Gasteiger partial charge on any atom is -0.466 e. The van der Waals surface area contributed by atoms with Gasteiger partial charge in [0.05, 0.1) is 13.2 Å². The number of esters is 2. The fourth-order valence-electron chi connectivity index (χ4n) is 3.83. The fourth-order valence-corrected chi connectivity index (χ4v) is 3.83. The highest BCUT2D eigenvalue weighted by Gasteiger charge is 2.05. The molecule has 0 fully saturated rings. The molecule has 0 amide bonds. The first-order valence-corrected chi connectivity index (χ1v) is 15.3. The van der Waals surface area contributed by atoms with Crippen LogP contribution in [0.5, 0.6) is 0 Å². The van der Waals surface area contributed by atoms with Crippen molar-refractivity contribution >= 4 is 11.9 Å². The van der Waals surface area contributed by atoms with Crippen molar-refractivity contribution < 1.29 is 19.1 Å². The van der Waals surface area contributed by atoms with E-state index in [1.54, 1.807) is 0 Å². The van der Waals surface area contributed by atoms with Crippen molar-refractivity contribution in [2.24, 2.45) is 5.92 Å². The van der Waals surface area contributed by atoms with Gasteiger partial charge >= 0.3 is 11.9 Å². The lowest BCUT2D eigenvalue weighted by atomic mass is 10.1. The van der Waals surface area contributed by atoms with Crippen LogP contribution in [-0.2, 0) is 19.1 Å². The van der Waals surface area contributed by atoms with Crippen molar-refractivity contribution in [1.29, 1.82) is 0 Å². The molecular formula is C31H62O4. The predicted octanol–water partition coefficient (Wildman–Crippen LogP) is 9.97. The van der Waals surface area contributed by atoms with Gasteiger partial charge in [-0.1, -0.05) is 137 Å². The van der Waals surface area contributed by atoms with Crippen LogP contribution in [0, 0.1) is 5.92 Å². The van der Waals surface area contributed by atoms with Crippen molar-refractivity contribution in [3.8, 4) is 0 Å². The number of ether oxygens (including phenoxy) is 2. The summed E-state index contributed by atoms with van der Waals surface area (Å²) in [4.78, 5) is 22.6. The van der Waals surface area contributed by atoms with Gasteiger partial charge in [0.1, 0.15) is 0 Å². The second-order valence-electron chi connectivity index (χ2n) is 10.4. The maximum absolute atomic E-state index is 11.4. The Morgan fingerprint density at radius 1 is 0.486 bits per heavy atom. The Balaban J connectivity index is 0. The molecule has 0 aromatic rings. The quantitative estimate of drug-likeness (QED) is 0.0981. The van der Waals surface area contributed by atoms with Crippen LogP contribution >= 0.6 is 0 Å². The maximum atomic E-state index is 11.4. The molecule has 0 aliphatic heterocycles. The van der Waals surface area contributed by atoms with E-state index in [9.17, 15) is 9.59 Å². The van der Waals surface area contributed by atoms with Crippen molar-refractivity contribution in [3.05, 3.63) is 0 Å². The van der Waals surface area contributed by atoms with Gasteiger partial charge in [0.25, 0.3) is 0 Å². The fraction of sp³-hybridized carbons (Fsp3) is 0.935. The summed E-state index contributed by atoms with van der Waals surface area (Å²) < 4.78 is 10.4. The summed E-state index contributed by atoms with van der Waals surface area (Å²) >= 11 is 0. The number of unbranched alkanes of at least 4 members (excludes halogenated alkanes) is 16. The van der Waals surface area contributed by atoms with E-state index in [0.29, 0.717) is 32.0 Å². The largest absolute Gasteiger partial charge is 0.466 e. The maximum Gasteiger partial charge on any atom is 0.306 e. The molecule has 4 heteroatoms. The van der Waals surface area contributed by atoms with Crippen LogP contribution in [0.1, 0.15) is 169 Å². The topological polar surface area (TPSA) is 52.6 Å². The van der Waals surface area contributed by atoms with Crippen molar-refractivity contribution in [1.82, 2.24) is 0 Å². The zero-order chi connectivity index (χ0) is 26.4. The summed E-state index contributed by atoms with van der Waals surface area (Å²) in [7, 11) is 0. The highest BCUT2D eigenvalue weighted by Crippen LogP contribution is 2.09. The van der Waals surface area contributed by atoms with E-state index in [-0.39, 0.29) is 11.9 Å². The van der Waals surface area contributed by atoms with Gasteiger partial charge in [0.2, 0.25) is 0 Å². The molecule has 0 bridgehead atoms. The molecule has 210 valence electrons. The highest BCUT2D eigenvalue weighted by atomic mass is 16.5. The van der Waals surface area contributed by atoms with Gasteiger partial charge in [-0.05, 0) is 25.2 Å². The first kappa shape index (κ1) is 36.1. The molecule has 0 heterocycles. The minimum atomic E-state index is -0.0408. The zero-order valence-corrected chi connectivity index (χ0v) is 24.5. The van der Waals surface area contributed by atoms with Crippen molar-refractivity contribution in [2.75, 3.05) is 13.2 Å². The van der Waals surface area contributed by atoms with Crippen molar-refractivity contribution in [3.63, 3.8) is 0 Å². The third kappa shape index (κ3) is 35.2. The Bertz CT molecular complexity index is 434. The van der Waals surface area contributed by atoms with Gasteiger partial charge < -0.3 is 9.47 Å². The Morgan fingerprint density at radius 2 is 0.829 bits per heavy atom. The number of hydrogen-bond donors (Lipinski definition) is 0. The third-order valence-corrected chi connectivity index (χ3v) is 6.08. The molecule has 0 radical (unpaired) electrons. The first-order valence-electron chi connectivity index (χ1n) is 15.3. The average Bonchev–Trinajstić information content (AvgIpc) is 2.82. The Morgan fingerprint density at radius 3 is 1.23 bits per heavy atom. The molecule has 0 aliphatic carbocycles. The normalized spacial score (nSPS) is 10.7. The van der Waals surface area contributed by atoms with Gasteiger partial charge in [-0.3, -0.25) is 9.59 Å². The summed E-state index contributed by atoms with van der Waals surface area (Å²) in [6.45, 7) is 12.0. The number of carbonyl (C=O) groups excluding carboxylic acids is 2. The van der Waals surface area contributed by atoms with Gasteiger partial charge in [-0.25, -0.2) is 0 Å². The molecule has 0 N–H and O–H groups in total. The van der Waals surface area contributed by atoms with Gasteiger partial charge in [0.15, 0.2) is 0 Å². The molecular weight excluding hydrogens is 436 g/mol. The van der Waals surface area contributed by atoms with E-state index in [0.717, 1.165) is 19.3 Å². The lowest BCUT2D eigenvalue weighted by Gasteiger charge is -2.06. The van der Waals surface area contributed by atoms with Crippen LogP contribution in [-0.4, -0.2) is 25.2 Å². The molecule has 0 saturated carbocycles. The van der Waals surface area contributed by atoms with Crippen LogP contribution < -0.4 is 0 Å².